The molecule has 0 bridgehead atoms. The summed E-state index contributed by atoms with van der Waals surface area (Å²) in [5.41, 5.74) is 2.57. The molecule has 0 aromatic heterocycles. The van der Waals surface area contributed by atoms with Crippen molar-refractivity contribution < 1.29 is 9.63 Å². The highest BCUT2D eigenvalue weighted by Gasteiger charge is 2.23. The zero-order chi connectivity index (χ0) is 9.80. The summed E-state index contributed by atoms with van der Waals surface area (Å²) in [6.07, 6.45) is 6.88. The van der Waals surface area contributed by atoms with Crippen LogP contribution in [-0.4, -0.2) is 24.6 Å². The van der Waals surface area contributed by atoms with Gasteiger partial charge in [-0.25, -0.2) is 5.48 Å². The molecule has 1 amide bonds. The second kappa shape index (κ2) is 4.75. The predicted octanol–water partition coefficient (Wildman–Crippen LogP) is 0.729. The molecule has 4 nitrogen and oxygen atoms in total. The maximum absolute atomic E-state index is 11.5. The zero-order valence-electron chi connectivity index (χ0n) is 8.42. The van der Waals surface area contributed by atoms with Gasteiger partial charge >= 0.3 is 0 Å². The van der Waals surface area contributed by atoms with Gasteiger partial charge < -0.3 is 5.32 Å². The molecular formula is C10H18N2O2. The Labute approximate surface area is 84.3 Å². The van der Waals surface area contributed by atoms with E-state index in [2.05, 4.69) is 10.8 Å². The minimum atomic E-state index is -0.0311. The fraction of sp³-hybridized carbons (Fsp3) is 0.900. The highest BCUT2D eigenvalue weighted by molar-refractivity contribution is 5.81. The average Bonchev–Trinajstić information content (AvgIpc) is 2.87. The van der Waals surface area contributed by atoms with E-state index < -0.39 is 0 Å². The van der Waals surface area contributed by atoms with Crippen molar-refractivity contribution in [2.75, 3.05) is 6.54 Å². The molecule has 1 saturated carbocycles. The van der Waals surface area contributed by atoms with E-state index in [9.17, 15) is 4.79 Å². The first kappa shape index (κ1) is 9.93. The minimum absolute atomic E-state index is 0.00519. The van der Waals surface area contributed by atoms with Crippen molar-refractivity contribution in [1.82, 2.24) is 10.8 Å². The third-order valence-corrected chi connectivity index (χ3v) is 3.01. The van der Waals surface area contributed by atoms with E-state index in [1.54, 1.807) is 0 Å². The van der Waals surface area contributed by atoms with E-state index in [4.69, 9.17) is 4.84 Å². The van der Waals surface area contributed by atoms with Crippen molar-refractivity contribution in [3.8, 4) is 0 Å². The molecule has 80 valence electrons. The summed E-state index contributed by atoms with van der Waals surface area (Å²) in [6.45, 7) is 0.946. The van der Waals surface area contributed by atoms with E-state index in [0.29, 0.717) is 0 Å². The Bertz CT molecular complexity index is 196. The van der Waals surface area contributed by atoms with Gasteiger partial charge in [0.25, 0.3) is 5.91 Å². The van der Waals surface area contributed by atoms with Crippen molar-refractivity contribution in [2.24, 2.45) is 0 Å². The number of rotatable bonds is 3. The van der Waals surface area contributed by atoms with E-state index in [-0.39, 0.29) is 18.1 Å². The summed E-state index contributed by atoms with van der Waals surface area (Å²) in [5, 5.41) is 3.14. The van der Waals surface area contributed by atoms with Crippen LogP contribution in [0.3, 0.4) is 0 Å². The van der Waals surface area contributed by atoms with Gasteiger partial charge in [0.1, 0.15) is 0 Å². The predicted molar refractivity (Wildman–Crippen MR) is 52.5 cm³/mol. The molecule has 1 heterocycles. The lowest BCUT2D eigenvalue weighted by Gasteiger charge is -2.14. The summed E-state index contributed by atoms with van der Waals surface area (Å²) >= 11 is 0. The SMILES string of the molecule is O=C(NOC1CCCC1)[C@@H]1CCCN1. The van der Waals surface area contributed by atoms with Crippen LogP contribution in [0.25, 0.3) is 0 Å². The van der Waals surface area contributed by atoms with Crippen LogP contribution in [0.15, 0.2) is 0 Å². The summed E-state index contributed by atoms with van der Waals surface area (Å²) in [4.78, 5) is 16.8. The van der Waals surface area contributed by atoms with Crippen LogP contribution < -0.4 is 10.8 Å². The molecule has 0 aromatic carbocycles. The topological polar surface area (TPSA) is 50.4 Å². The molecule has 2 rings (SSSR count). The number of nitrogens with one attached hydrogen (secondary N) is 2. The molecule has 1 aliphatic heterocycles. The number of hydrogen-bond acceptors (Lipinski definition) is 3. The highest BCUT2D eigenvalue weighted by Crippen LogP contribution is 2.19. The molecule has 0 radical (unpaired) electrons. The molecule has 14 heavy (non-hydrogen) atoms. The first-order valence-electron chi connectivity index (χ1n) is 5.55. The summed E-state index contributed by atoms with van der Waals surface area (Å²) in [5.74, 6) is -0.00519. The van der Waals surface area contributed by atoms with E-state index >= 15 is 0 Å². The second-order valence-corrected chi connectivity index (χ2v) is 4.14. The normalized spacial score (nSPS) is 28.1. The van der Waals surface area contributed by atoms with Gasteiger partial charge in [-0.3, -0.25) is 9.63 Å². The van der Waals surface area contributed by atoms with Gasteiger partial charge in [-0.05, 0) is 32.2 Å². The Balaban J connectivity index is 1.66. The Morgan fingerprint density at radius 2 is 2.00 bits per heavy atom. The molecule has 0 unspecified atom stereocenters. The van der Waals surface area contributed by atoms with Crippen LogP contribution in [0.5, 0.6) is 0 Å². The van der Waals surface area contributed by atoms with Gasteiger partial charge in [0.2, 0.25) is 0 Å². The number of amides is 1. The summed E-state index contributed by atoms with van der Waals surface area (Å²) in [7, 11) is 0. The monoisotopic (exact) mass is 198 g/mol. The number of carbonyl (C=O) groups is 1. The van der Waals surface area contributed by atoms with Crippen molar-refractivity contribution >= 4 is 5.91 Å². The molecular weight excluding hydrogens is 180 g/mol. The average molecular weight is 198 g/mol. The van der Waals surface area contributed by atoms with Gasteiger partial charge in [-0.1, -0.05) is 12.8 Å². The van der Waals surface area contributed by atoms with Crippen LogP contribution in [0, 0.1) is 0 Å². The third-order valence-electron chi connectivity index (χ3n) is 3.01. The Hall–Kier alpha value is -0.610. The molecule has 1 atom stereocenters. The highest BCUT2D eigenvalue weighted by atomic mass is 16.7. The molecule has 2 fully saturated rings. The quantitative estimate of drug-likeness (QED) is 0.657. The van der Waals surface area contributed by atoms with Crippen LogP contribution in [0.1, 0.15) is 38.5 Å². The van der Waals surface area contributed by atoms with Crippen LogP contribution >= 0.6 is 0 Å². The molecule has 2 N–H and O–H groups in total. The molecule has 4 heteroatoms. The Kier molecular flexibility index (Phi) is 3.37. The number of carbonyl (C=O) groups excluding carboxylic acids is 1. The fourth-order valence-corrected chi connectivity index (χ4v) is 2.13. The summed E-state index contributed by atoms with van der Waals surface area (Å²) < 4.78 is 0. The fourth-order valence-electron chi connectivity index (χ4n) is 2.13. The van der Waals surface area contributed by atoms with Crippen molar-refractivity contribution in [1.29, 1.82) is 0 Å². The van der Waals surface area contributed by atoms with Gasteiger partial charge in [-0.15, -0.1) is 0 Å². The maximum Gasteiger partial charge on any atom is 0.260 e. The van der Waals surface area contributed by atoms with Crippen molar-refractivity contribution in [3.63, 3.8) is 0 Å². The third kappa shape index (κ3) is 2.45. The smallest absolute Gasteiger partial charge is 0.260 e. The lowest BCUT2D eigenvalue weighted by Crippen LogP contribution is -2.41. The molecule has 0 spiro atoms. The second-order valence-electron chi connectivity index (χ2n) is 4.14. The zero-order valence-corrected chi connectivity index (χ0v) is 8.42. The van der Waals surface area contributed by atoms with Gasteiger partial charge in [0.05, 0.1) is 12.1 Å². The van der Waals surface area contributed by atoms with E-state index in [1.807, 2.05) is 0 Å². The Morgan fingerprint density at radius 1 is 1.21 bits per heavy atom. The number of hydrogen-bond donors (Lipinski definition) is 2. The van der Waals surface area contributed by atoms with Crippen LogP contribution in [0.4, 0.5) is 0 Å². The first-order chi connectivity index (χ1) is 6.86. The molecule has 1 aliphatic carbocycles. The van der Waals surface area contributed by atoms with Gasteiger partial charge in [0.15, 0.2) is 0 Å². The first-order valence-corrected chi connectivity index (χ1v) is 5.55. The lowest BCUT2D eigenvalue weighted by atomic mass is 10.2. The molecule has 0 aromatic rings. The van der Waals surface area contributed by atoms with Crippen molar-refractivity contribution in [2.45, 2.75) is 50.7 Å². The number of hydroxylamine groups is 1. The van der Waals surface area contributed by atoms with E-state index in [1.165, 1.54) is 12.8 Å². The molecule has 1 saturated heterocycles. The Morgan fingerprint density at radius 3 is 2.64 bits per heavy atom. The van der Waals surface area contributed by atoms with E-state index in [0.717, 1.165) is 32.2 Å². The largest absolute Gasteiger partial charge is 0.306 e. The molecule has 2 aliphatic rings. The van der Waals surface area contributed by atoms with Crippen LogP contribution in [-0.2, 0) is 9.63 Å². The minimum Gasteiger partial charge on any atom is -0.306 e. The van der Waals surface area contributed by atoms with Crippen molar-refractivity contribution in [3.05, 3.63) is 0 Å². The lowest BCUT2D eigenvalue weighted by molar-refractivity contribution is -0.140. The standard InChI is InChI=1S/C10H18N2O2/c13-10(9-6-3-7-11-9)12-14-8-4-1-2-5-8/h8-9,11H,1-7H2,(H,12,13)/t9-/m0/s1. The maximum atomic E-state index is 11.5. The summed E-state index contributed by atoms with van der Waals surface area (Å²) in [6, 6.07) is -0.0311. The van der Waals surface area contributed by atoms with Gasteiger partial charge in [0, 0.05) is 0 Å². The van der Waals surface area contributed by atoms with Gasteiger partial charge in [-0.2, -0.15) is 0 Å². The van der Waals surface area contributed by atoms with Crippen LogP contribution in [0.2, 0.25) is 0 Å².